The molecule has 1 aromatic carbocycles. The zero-order valence-corrected chi connectivity index (χ0v) is 10.8. The van der Waals surface area contributed by atoms with Gasteiger partial charge in [0.25, 0.3) is 0 Å². The van der Waals surface area contributed by atoms with Crippen LogP contribution in [0.2, 0.25) is 10.2 Å². The van der Waals surface area contributed by atoms with Gasteiger partial charge in [-0.2, -0.15) is 5.10 Å². The maximum atomic E-state index is 10.1. The molecule has 0 unspecified atom stereocenters. The summed E-state index contributed by atoms with van der Waals surface area (Å²) >= 11 is 12.0. The number of benzene rings is 1. The normalized spacial score (nSPS) is 12.7. The van der Waals surface area contributed by atoms with Crippen molar-refractivity contribution in [1.29, 1.82) is 0 Å². The van der Waals surface area contributed by atoms with Crippen LogP contribution in [0.4, 0.5) is 0 Å². The number of halogens is 2. The molecular formula is C12H12Cl2N2O. The second kappa shape index (κ2) is 5.08. The molecule has 1 aromatic heterocycles. The summed E-state index contributed by atoms with van der Waals surface area (Å²) in [6, 6.07) is 8.94. The molecule has 0 fully saturated rings. The van der Waals surface area contributed by atoms with Crippen molar-refractivity contribution in [3.05, 3.63) is 51.8 Å². The topological polar surface area (TPSA) is 38.0 Å². The number of aromatic nitrogens is 2. The van der Waals surface area contributed by atoms with E-state index in [1.165, 1.54) is 0 Å². The van der Waals surface area contributed by atoms with Gasteiger partial charge in [0.2, 0.25) is 0 Å². The Hall–Kier alpha value is -1.03. The van der Waals surface area contributed by atoms with Gasteiger partial charge in [0.05, 0.1) is 12.2 Å². The maximum absolute atomic E-state index is 10.1. The third kappa shape index (κ3) is 2.80. The summed E-state index contributed by atoms with van der Waals surface area (Å²) in [5, 5.41) is 15.3. The summed E-state index contributed by atoms with van der Waals surface area (Å²) in [6.07, 6.45) is -0.722. The summed E-state index contributed by atoms with van der Waals surface area (Å²) in [5.74, 6) is 0. The molecule has 0 amide bonds. The second-order valence-corrected chi connectivity index (χ2v) is 4.62. The molecule has 17 heavy (non-hydrogen) atoms. The highest BCUT2D eigenvalue weighted by Crippen LogP contribution is 2.24. The lowest BCUT2D eigenvalue weighted by Crippen LogP contribution is -2.10. The van der Waals surface area contributed by atoms with Gasteiger partial charge in [0, 0.05) is 10.6 Å². The number of hydrogen-bond donors (Lipinski definition) is 1. The Morgan fingerprint density at radius 3 is 2.65 bits per heavy atom. The molecular weight excluding hydrogens is 259 g/mol. The molecule has 1 heterocycles. The molecule has 0 aliphatic heterocycles. The van der Waals surface area contributed by atoms with Gasteiger partial charge in [-0.15, -0.1) is 0 Å². The van der Waals surface area contributed by atoms with Crippen molar-refractivity contribution in [3.8, 4) is 0 Å². The van der Waals surface area contributed by atoms with Crippen LogP contribution in [0.3, 0.4) is 0 Å². The van der Waals surface area contributed by atoms with E-state index in [-0.39, 0.29) is 6.54 Å². The van der Waals surface area contributed by atoms with Crippen molar-refractivity contribution < 1.29 is 5.11 Å². The molecule has 0 spiro atoms. The quantitative estimate of drug-likeness (QED) is 0.930. The summed E-state index contributed by atoms with van der Waals surface area (Å²) < 4.78 is 1.56. The fourth-order valence-electron chi connectivity index (χ4n) is 1.65. The Kier molecular flexibility index (Phi) is 3.72. The van der Waals surface area contributed by atoms with E-state index in [2.05, 4.69) is 5.10 Å². The highest BCUT2D eigenvalue weighted by atomic mass is 35.5. The average Bonchev–Trinajstić information content (AvgIpc) is 2.58. The fraction of sp³-hybridized carbons (Fsp3) is 0.250. The lowest BCUT2D eigenvalue weighted by Gasteiger charge is -2.13. The molecule has 3 nitrogen and oxygen atoms in total. The molecule has 0 aliphatic carbocycles. The minimum Gasteiger partial charge on any atom is -0.386 e. The van der Waals surface area contributed by atoms with E-state index in [0.717, 1.165) is 5.69 Å². The van der Waals surface area contributed by atoms with E-state index < -0.39 is 6.10 Å². The molecule has 0 saturated heterocycles. The second-order valence-electron chi connectivity index (χ2n) is 3.83. The van der Waals surface area contributed by atoms with Crippen LogP contribution in [0, 0.1) is 6.92 Å². The third-order valence-corrected chi connectivity index (χ3v) is 3.11. The number of rotatable bonds is 3. The van der Waals surface area contributed by atoms with Gasteiger partial charge in [-0.05, 0) is 19.1 Å². The molecule has 0 saturated carbocycles. The first-order valence-electron chi connectivity index (χ1n) is 5.20. The van der Waals surface area contributed by atoms with Crippen LogP contribution >= 0.6 is 23.2 Å². The van der Waals surface area contributed by atoms with E-state index in [4.69, 9.17) is 23.2 Å². The van der Waals surface area contributed by atoms with Gasteiger partial charge < -0.3 is 5.11 Å². The molecule has 0 radical (unpaired) electrons. The summed E-state index contributed by atoms with van der Waals surface area (Å²) in [7, 11) is 0. The van der Waals surface area contributed by atoms with Crippen LogP contribution in [0.25, 0.3) is 0 Å². The zero-order chi connectivity index (χ0) is 12.4. The van der Waals surface area contributed by atoms with Crippen molar-refractivity contribution >= 4 is 23.2 Å². The van der Waals surface area contributed by atoms with Crippen molar-refractivity contribution in [2.45, 2.75) is 19.6 Å². The van der Waals surface area contributed by atoms with Crippen LogP contribution in [0.1, 0.15) is 17.4 Å². The number of nitrogens with zero attached hydrogens (tertiary/aromatic N) is 2. The fourth-order valence-corrected chi connectivity index (χ4v) is 2.18. The SMILES string of the molecule is Cc1cc(Cl)n(C[C@@H](O)c2ccccc2Cl)n1. The number of hydrogen-bond acceptors (Lipinski definition) is 2. The van der Waals surface area contributed by atoms with Crippen LogP contribution in [-0.4, -0.2) is 14.9 Å². The van der Waals surface area contributed by atoms with Gasteiger partial charge in [-0.3, -0.25) is 4.68 Å². The largest absolute Gasteiger partial charge is 0.386 e. The van der Waals surface area contributed by atoms with E-state index in [1.807, 2.05) is 19.1 Å². The van der Waals surface area contributed by atoms with Crippen molar-refractivity contribution in [3.63, 3.8) is 0 Å². The lowest BCUT2D eigenvalue weighted by molar-refractivity contribution is 0.151. The monoisotopic (exact) mass is 270 g/mol. The Balaban J connectivity index is 2.20. The van der Waals surface area contributed by atoms with Gasteiger partial charge in [0.15, 0.2) is 0 Å². The van der Waals surface area contributed by atoms with Crippen molar-refractivity contribution in [1.82, 2.24) is 9.78 Å². The summed E-state index contributed by atoms with van der Waals surface area (Å²) in [6.45, 7) is 2.14. The first-order valence-corrected chi connectivity index (χ1v) is 5.96. The van der Waals surface area contributed by atoms with Crippen LogP contribution in [0.15, 0.2) is 30.3 Å². The highest BCUT2D eigenvalue weighted by Gasteiger charge is 2.14. The molecule has 5 heteroatoms. The molecule has 0 bridgehead atoms. The Bertz CT molecular complexity index is 525. The van der Waals surface area contributed by atoms with Crippen LogP contribution in [0.5, 0.6) is 0 Å². The molecule has 90 valence electrons. The molecule has 2 aromatic rings. The van der Waals surface area contributed by atoms with E-state index in [0.29, 0.717) is 15.7 Å². The van der Waals surface area contributed by atoms with E-state index in [1.54, 1.807) is 22.9 Å². The highest BCUT2D eigenvalue weighted by molar-refractivity contribution is 6.31. The first-order chi connectivity index (χ1) is 8.08. The summed E-state index contributed by atoms with van der Waals surface area (Å²) in [4.78, 5) is 0. The van der Waals surface area contributed by atoms with Crippen molar-refractivity contribution in [2.24, 2.45) is 0 Å². The lowest BCUT2D eigenvalue weighted by atomic mass is 10.1. The predicted octanol–water partition coefficient (Wildman–Crippen LogP) is 3.23. The molecule has 0 aliphatic rings. The Morgan fingerprint density at radius 1 is 1.35 bits per heavy atom. The predicted molar refractivity (Wildman–Crippen MR) is 68.4 cm³/mol. The minimum absolute atomic E-state index is 0.288. The minimum atomic E-state index is -0.722. The zero-order valence-electron chi connectivity index (χ0n) is 9.27. The van der Waals surface area contributed by atoms with Crippen molar-refractivity contribution in [2.75, 3.05) is 0 Å². The van der Waals surface area contributed by atoms with Gasteiger partial charge in [-0.1, -0.05) is 41.4 Å². The number of aliphatic hydroxyl groups excluding tert-OH is 1. The van der Waals surface area contributed by atoms with Crippen LogP contribution in [-0.2, 0) is 6.54 Å². The average molecular weight is 271 g/mol. The van der Waals surface area contributed by atoms with Gasteiger partial charge in [0.1, 0.15) is 11.3 Å². The first kappa shape index (κ1) is 12.4. The Labute approximate surface area is 110 Å². The maximum Gasteiger partial charge on any atom is 0.127 e. The van der Waals surface area contributed by atoms with Gasteiger partial charge >= 0.3 is 0 Å². The van der Waals surface area contributed by atoms with E-state index in [9.17, 15) is 5.11 Å². The van der Waals surface area contributed by atoms with E-state index >= 15 is 0 Å². The standard InChI is InChI=1S/C12H12Cl2N2O/c1-8-6-12(14)16(15-8)7-11(17)9-4-2-3-5-10(9)13/h2-6,11,17H,7H2,1H3/t11-/m1/s1. The van der Waals surface area contributed by atoms with Gasteiger partial charge in [-0.25, -0.2) is 0 Å². The third-order valence-electron chi connectivity index (χ3n) is 2.46. The smallest absolute Gasteiger partial charge is 0.127 e. The number of aryl methyl sites for hydroxylation is 1. The molecule has 1 N–H and O–H groups in total. The molecule has 2 rings (SSSR count). The molecule has 1 atom stereocenters. The summed E-state index contributed by atoms with van der Waals surface area (Å²) in [5.41, 5.74) is 1.50. The number of aliphatic hydroxyl groups is 1. The van der Waals surface area contributed by atoms with Crippen LogP contribution < -0.4 is 0 Å². The Morgan fingerprint density at radius 2 is 2.06 bits per heavy atom.